The van der Waals surface area contributed by atoms with Gasteiger partial charge in [-0.1, -0.05) is 72.8 Å². The quantitative estimate of drug-likeness (QED) is 0.260. The second-order valence-electron chi connectivity index (χ2n) is 9.02. The molecule has 0 bridgehead atoms. The number of benzene rings is 5. The fourth-order valence-electron chi connectivity index (χ4n) is 4.86. The first-order chi connectivity index (χ1) is 17.7. The van der Waals surface area contributed by atoms with E-state index in [1.165, 1.54) is 12.1 Å². The summed E-state index contributed by atoms with van der Waals surface area (Å²) in [6.07, 6.45) is 1.91. The van der Waals surface area contributed by atoms with Crippen molar-refractivity contribution in [1.82, 2.24) is 4.98 Å². The Bertz CT molecular complexity index is 1880. The second-order valence-corrected chi connectivity index (χ2v) is 9.02. The van der Waals surface area contributed by atoms with Crippen molar-refractivity contribution >= 4 is 32.8 Å². The summed E-state index contributed by atoms with van der Waals surface area (Å²) < 4.78 is 19.2. The third kappa shape index (κ3) is 3.53. The van der Waals surface area contributed by atoms with Crippen LogP contribution in [0.1, 0.15) is 0 Å². The molecule has 7 aromatic rings. The third-order valence-electron chi connectivity index (χ3n) is 6.79. The highest BCUT2D eigenvalue weighted by molar-refractivity contribution is 6.06. The molecule has 3 heteroatoms. The van der Waals surface area contributed by atoms with E-state index in [1.807, 2.05) is 36.5 Å². The van der Waals surface area contributed by atoms with Gasteiger partial charge in [-0.25, -0.2) is 4.39 Å². The normalized spacial score (nSPS) is 11.5. The van der Waals surface area contributed by atoms with Gasteiger partial charge in [-0.2, -0.15) is 0 Å². The van der Waals surface area contributed by atoms with E-state index in [2.05, 4.69) is 60.7 Å². The predicted molar refractivity (Wildman–Crippen MR) is 145 cm³/mol. The number of halogens is 1. The van der Waals surface area contributed by atoms with E-state index in [9.17, 15) is 4.39 Å². The Morgan fingerprint density at radius 3 is 1.92 bits per heavy atom. The average Bonchev–Trinajstić information content (AvgIpc) is 3.31. The number of pyridine rings is 1. The Balaban J connectivity index is 1.20. The van der Waals surface area contributed by atoms with Crippen LogP contribution in [0.5, 0.6) is 0 Å². The maximum atomic E-state index is 13.3. The monoisotopic (exact) mass is 465 g/mol. The molecule has 0 aliphatic rings. The van der Waals surface area contributed by atoms with Crippen LogP contribution >= 0.6 is 0 Å². The highest BCUT2D eigenvalue weighted by atomic mass is 19.1. The molecule has 0 spiro atoms. The number of aromatic nitrogens is 1. The molecule has 170 valence electrons. The molecular weight excluding hydrogens is 445 g/mol. The van der Waals surface area contributed by atoms with Gasteiger partial charge in [-0.05, 0) is 70.3 Å². The minimum atomic E-state index is -0.233. The second kappa shape index (κ2) is 8.17. The fraction of sp³-hybridized carbons (Fsp3) is 0. The van der Waals surface area contributed by atoms with Crippen molar-refractivity contribution in [3.05, 3.63) is 127 Å². The molecule has 0 saturated heterocycles. The molecule has 2 heterocycles. The van der Waals surface area contributed by atoms with Crippen molar-refractivity contribution in [3.8, 4) is 33.4 Å². The number of fused-ring (bicyclic) bond motifs is 4. The van der Waals surface area contributed by atoms with Gasteiger partial charge in [0.2, 0.25) is 0 Å². The molecule has 2 aromatic heterocycles. The van der Waals surface area contributed by atoms with Crippen molar-refractivity contribution < 1.29 is 8.81 Å². The van der Waals surface area contributed by atoms with Crippen LogP contribution in [0.25, 0.3) is 66.2 Å². The highest BCUT2D eigenvalue weighted by Gasteiger charge is 2.09. The van der Waals surface area contributed by atoms with Gasteiger partial charge in [-0.3, -0.25) is 4.98 Å². The molecule has 0 saturated carbocycles. The van der Waals surface area contributed by atoms with Crippen LogP contribution in [-0.2, 0) is 0 Å². The number of furan rings is 1. The van der Waals surface area contributed by atoms with Crippen molar-refractivity contribution in [3.63, 3.8) is 0 Å². The molecule has 0 unspecified atom stereocenters. The van der Waals surface area contributed by atoms with E-state index in [-0.39, 0.29) is 5.82 Å². The first-order valence-corrected chi connectivity index (χ1v) is 11.9. The number of rotatable bonds is 3. The van der Waals surface area contributed by atoms with Gasteiger partial charge in [0.1, 0.15) is 17.0 Å². The smallest absolute Gasteiger partial charge is 0.135 e. The van der Waals surface area contributed by atoms with Crippen LogP contribution in [0, 0.1) is 5.82 Å². The molecule has 0 N–H and O–H groups in total. The lowest BCUT2D eigenvalue weighted by molar-refractivity contribution is 0.628. The summed E-state index contributed by atoms with van der Waals surface area (Å²) in [6, 6.07) is 38.0. The van der Waals surface area contributed by atoms with Gasteiger partial charge < -0.3 is 4.42 Å². The summed E-state index contributed by atoms with van der Waals surface area (Å²) >= 11 is 0. The summed E-state index contributed by atoms with van der Waals surface area (Å²) in [5, 5.41) is 3.33. The van der Waals surface area contributed by atoms with Crippen molar-refractivity contribution in [2.45, 2.75) is 0 Å². The molecule has 36 heavy (non-hydrogen) atoms. The highest BCUT2D eigenvalue weighted by Crippen LogP contribution is 2.33. The van der Waals surface area contributed by atoms with Gasteiger partial charge in [0, 0.05) is 27.9 Å². The summed E-state index contributed by atoms with van der Waals surface area (Å²) in [5.41, 5.74) is 9.23. The molecule has 0 aliphatic heterocycles. The first-order valence-electron chi connectivity index (χ1n) is 11.9. The minimum Gasteiger partial charge on any atom is -0.456 e. The fourth-order valence-corrected chi connectivity index (χ4v) is 4.86. The number of nitrogens with zero attached hydrogens (tertiary/aromatic N) is 1. The van der Waals surface area contributed by atoms with Gasteiger partial charge in [0.25, 0.3) is 0 Å². The molecule has 2 nitrogen and oxygen atoms in total. The van der Waals surface area contributed by atoms with Crippen LogP contribution < -0.4 is 0 Å². The Morgan fingerprint density at radius 1 is 0.500 bits per heavy atom. The summed E-state index contributed by atoms with van der Waals surface area (Å²) in [5.74, 6) is -0.233. The Labute approximate surface area is 207 Å². The van der Waals surface area contributed by atoms with Crippen LogP contribution in [-0.4, -0.2) is 4.98 Å². The first kappa shape index (κ1) is 20.6. The average molecular weight is 466 g/mol. The van der Waals surface area contributed by atoms with Gasteiger partial charge in [0.15, 0.2) is 0 Å². The maximum Gasteiger partial charge on any atom is 0.135 e. The van der Waals surface area contributed by atoms with E-state index in [4.69, 9.17) is 9.40 Å². The SMILES string of the molecule is Fc1ccc(-c2ccc3cc(-c4ccc(-c5ccc6oc7ccccc7c6c5)cc4)cnc3c2)cc1. The van der Waals surface area contributed by atoms with Gasteiger partial charge in [0.05, 0.1) is 5.52 Å². The van der Waals surface area contributed by atoms with Crippen LogP contribution in [0.4, 0.5) is 4.39 Å². The van der Waals surface area contributed by atoms with Crippen LogP contribution in [0.15, 0.2) is 126 Å². The molecule has 7 rings (SSSR count). The zero-order valence-electron chi connectivity index (χ0n) is 19.3. The molecule has 0 aliphatic carbocycles. The third-order valence-corrected chi connectivity index (χ3v) is 6.79. The molecule has 0 amide bonds. The van der Waals surface area contributed by atoms with E-state index in [0.717, 1.165) is 66.2 Å². The summed E-state index contributed by atoms with van der Waals surface area (Å²) in [7, 11) is 0. The van der Waals surface area contributed by atoms with Crippen molar-refractivity contribution in [1.29, 1.82) is 0 Å². The number of hydrogen-bond donors (Lipinski definition) is 0. The lowest BCUT2D eigenvalue weighted by Gasteiger charge is -2.08. The standard InChI is InChI=1S/C33H20FNO/c34-28-14-11-22(12-15-28)25-9-10-26-17-27(20-35-31(26)19-25)23-7-5-21(6-8-23)24-13-16-33-30(18-24)29-3-1-2-4-32(29)36-33/h1-20H. The van der Waals surface area contributed by atoms with Crippen LogP contribution in [0.3, 0.4) is 0 Å². The van der Waals surface area contributed by atoms with Crippen molar-refractivity contribution in [2.75, 3.05) is 0 Å². The summed E-state index contributed by atoms with van der Waals surface area (Å²) in [6.45, 7) is 0. The molecule has 5 aromatic carbocycles. The zero-order valence-corrected chi connectivity index (χ0v) is 19.3. The van der Waals surface area contributed by atoms with E-state index >= 15 is 0 Å². The van der Waals surface area contributed by atoms with E-state index in [1.54, 1.807) is 12.1 Å². The molecule has 0 fully saturated rings. The topological polar surface area (TPSA) is 26.0 Å². The maximum absolute atomic E-state index is 13.3. The Kier molecular flexibility index (Phi) is 4.68. The lowest BCUT2D eigenvalue weighted by atomic mass is 9.98. The van der Waals surface area contributed by atoms with Crippen molar-refractivity contribution in [2.24, 2.45) is 0 Å². The number of hydrogen-bond acceptors (Lipinski definition) is 2. The zero-order chi connectivity index (χ0) is 24.1. The largest absolute Gasteiger partial charge is 0.456 e. The summed E-state index contributed by atoms with van der Waals surface area (Å²) in [4.78, 5) is 4.71. The molecular formula is C33H20FNO. The lowest BCUT2D eigenvalue weighted by Crippen LogP contribution is -1.86. The van der Waals surface area contributed by atoms with Crippen LogP contribution in [0.2, 0.25) is 0 Å². The Morgan fingerprint density at radius 2 is 1.11 bits per heavy atom. The van der Waals surface area contributed by atoms with Gasteiger partial charge in [-0.15, -0.1) is 0 Å². The minimum absolute atomic E-state index is 0.233. The van der Waals surface area contributed by atoms with E-state index in [0.29, 0.717) is 0 Å². The van der Waals surface area contributed by atoms with Gasteiger partial charge >= 0.3 is 0 Å². The predicted octanol–water partition coefficient (Wildman–Crippen LogP) is 9.27. The number of para-hydroxylation sites is 1. The molecule has 0 radical (unpaired) electrons. The molecule has 0 atom stereocenters. The Hall–Kier alpha value is -4.76. The van der Waals surface area contributed by atoms with E-state index < -0.39 is 0 Å².